The molecule has 1 aromatic carbocycles. The van der Waals surface area contributed by atoms with Crippen LogP contribution in [0.1, 0.15) is 96.5 Å². The third-order valence-corrected chi connectivity index (χ3v) is 10.9. The van der Waals surface area contributed by atoms with E-state index in [0.29, 0.717) is 53.1 Å². The van der Waals surface area contributed by atoms with Gasteiger partial charge in [-0.25, -0.2) is 4.79 Å². The SMILES string of the molecule is C#C[C@]1(OC(=O)COc2ccc(C#N)cc2)CC(CCCCC)C2C3CCC4=CC(=O)CCC4C3CC[C@@]21CC. The van der Waals surface area contributed by atoms with Gasteiger partial charge in [0.25, 0.3) is 0 Å². The number of nitriles is 1. The number of allylic oxidation sites excluding steroid dienone is 1. The number of terminal acetylenes is 1. The molecule has 0 heterocycles. The summed E-state index contributed by atoms with van der Waals surface area (Å²) in [5.74, 6) is 6.02. The molecule has 0 N–H and O–H groups in total. The molecule has 5 nitrogen and oxygen atoms in total. The van der Waals surface area contributed by atoms with Crippen molar-refractivity contribution in [3.05, 3.63) is 41.5 Å². The van der Waals surface area contributed by atoms with E-state index in [1.165, 1.54) is 24.8 Å². The van der Waals surface area contributed by atoms with Crippen molar-refractivity contribution in [2.45, 2.75) is 96.5 Å². The molecule has 0 bridgehead atoms. The van der Waals surface area contributed by atoms with E-state index in [1.54, 1.807) is 24.3 Å². The van der Waals surface area contributed by atoms with Gasteiger partial charge in [0.1, 0.15) is 5.75 Å². The van der Waals surface area contributed by atoms with Crippen LogP contribution in [0, 0.1) is 58.7 Å². The summed E-state index contributed by atoms with van der Waals surface area (Å²) in [4.78, 5) is 25.5. The summed E-state index contributed by atoms with van der Waals surface area (Å²) in [5, 5.41) is 9.03. The van der Waals surface area contributed by atoms with Gasteiger partial charge in [-0.05, 0) is 105 Å². The van der Waals surface area contributed by atoms with Crippen molar-refractivity contribution in [2.24, 2.45) is 35.0 Å². The predicted octanol–water partition coefficient (Wildman–Crippen LogP) is 7.19. The van der Waals surface area contributed by atoms with E-state index in [-0.39, 0.29) is 12.0 Å². The predicted molar refractivity (Wildman–Crippen MR) is 154 cm³/mol. The standard InChI is InChI=1S/C35H43NO4/c1-4-7-8-9-26-21-35(6-3,40-32(38)23-39-28-14-10-24(22-36)11-15-28)34(5-2)19-18-30-29-17-13-27(37)20-25(29)12-16-31(30)33(26)34/h3,10-11,14-15,20,26,29-31,33H,4-5,7-9,12-13,16-19,21,23H2,1-2H3/t26?,29?,30?,31?,33?,34-,35-/m0/s1. The number of ketones is 1. The number of hydrogen-bond acceptors (Lipinski definition) is 5. The minimum Gasteiger partial charge on any atom is -0.482 e. The van der Waals surface area contributed by atoms with Crippen molar-refractivity contribution < 1.29 is 19.1 Å². The Morgan fingerprint density at radius 1 is 1.10 bits per heavy atom. The lowest BCUT2D eigenvalue weighted by Crippen LogP contribution is -2.55. The molecule has 5 rings (SSSR count). The van der Waals surface area contributed by atoms with Gasteiger partial charge in [0.15, 0.2) is 18.0 Å². The highest BCUT2D eigenvalue weighted by atomic mass is 16.6. The number of ether oxygens (including phenoxy) is 2. The molecule has 5 heteroatoms. The molecule has 0 spiro atoms. The van der Waals surface area contributed by atoms with E-state index in [9.17, 15) is 9.59 Å². The molecule has 0 aromatic heterocycles. The molecule has 0 radical (unpaired) electrons. The molecule has 0 aliphatic heterocycles. The Morgan fingerprint density at radius 2 is 1.90 bits per heavy atom. The summed E-state index contributed by atoms with van der Waals surface area (Å²) in [7, 11) is 0. The van der Waals surface area contributed by atoms with E-state index in [4.69, 9.17) is 21.2 Å². The minimum atomic E-state index is -0.933. The fourth-order valence-corrected chi connectivity index (χ4v) is 9.30. The molecule has 40 heavy (non-hydrogen) atoms. The van der Waals surface area contributed by atoms with Gasteiger partial charge in [0.05, 0.1) is 11.6 Å². The fourth-order valence-electron chi connectivity index (χ4n) is 9.30. The average molecular weight is 542 g/mol. The van der Waals surface area contributed by atoms with Crippen molar-refractivity contribution in [1.29, 1.82) is 5.26 Å². The minimum absolute atomic E-state index is 0.212. The molecule has 5 unspecified atom stereocenters. The highest BCUT2D eigenvalue weighted by Crippen LogP contribution is 2.69. The Morgan fingerprint density at radius 3 is 2.60 bits per heavy atom. The Bertz CT molecular complexity index is 1220. The lowest BCUT2D eigenvalue weighted by molar-refractivity contribution is -0.175. The van der Waals surface area contributed by atoms with E-state index in [0.717, 1.165) is 51.4 Å². The van der Waals surface area contributed by atoms with Crippen LogP contribution in [0.5, 0.6) is 5.75 Å². The van der Waals surface area contributed by atoms with E-state index >= 15 is 0 Å². The topological polar surface area (TPSA) is 76.4 Å². The second-order valence-electron chi connectivity index (χ2n) is 12.6. The van der Waals surface area contributed by atoms with E-state index in [1.807, 2.05) is 6.08 Å². The number of esters is 1. The van der Waals surface area contributed by atoms with Crippen LogP contribution in [-0.2, 0) is 14.3 Å². The first kappa shape index (κ1) is 28.5. The summed E-state index contributed by atoms with van der Waals surface area (Å²) in [6.45, 7) is 4.27. The van der Waals surface area contributed by atoms with E-state index < -0.39 is 11.6 Å². The number of fused-ring (bicyclic) bond motifs is 5. The van der Waals surface area contributed by atoms with Gasteiger partial charge >= 0.3 is 5.97 Å². The summed E-state index contributed by atoms with van der Waals surface area (Å²) in [6.07, 6.45) is 20.5. The van der Waals surface area contributed by atoms with Crippen LogP contribution in [0.4, 0.5) is 0 Å². The quantitative estimate of drug-likeness (QED) is 0.188. The number of carbonyl (C=O) groups excluding carboxylic acids is 2. The largest absolute Gasteiger partial charge is 0.482 e. The number of rotatable bonds is 9. The van der Waals surface area contributed by atoms with Gasteiger partial charge in [-0.1, -0.05) is 44.6 Å². The number of unbranched alkanes of at least 4 members (excludes halogenated alkanes) is 2. The van der Waals surface area contributed by atoms with Crippen molar-refractivity contribution in [3.8, 4) is 24.2 Å². The third-order valence-electron chi connectivity index (χ3n) is 10.9. The van der Waals surface area contributed by atoms with Crippen molar-refractivity contribution in [3.63, 3.8) is 0 Å². The fraction of sp³-hybridized carbons (Fsp3) is 0.629. The maximum Gasteiger partial charge on any atom is 0.345 e. The maximum atomic E-state index is 13.3. The van der Waals surface area contributed by atoms with Crippen LogP contribution >= 0.6 is 0 Å². The number of benzene rings is 1. The van der Waals surface area contributed by atoms with Gasteiger partial charge < -0.3 is 9.47 Å². The monoisotopic (exact) mass is 541 g/mol. The average Bonchev–Trinajstić information content (AvgIpc) is 3.26. The number of carbonyl (C=O) groups is 2. The Kier molecular flexibility index (Phi) is 8.42. The summed E-state index contributed by atoms with van der Waals surface area (Å²) in [5.41, 5.74) is 0.753. The molecule has 0 saturated heterocycles. The Labute approximate surface area is 239 Å². The first-order chi connectivity index (χ1) is 19.4. The zero-order valence-corrected chi connectivity index (χ0v) is 24.1. The highest BCUT2D eigenvalue weighted by Gasteiger charge is 2.68. The van der Waals surface area contributed by atoms with Gasteiger partial charge in [-0.3, -0.25) is 4.79 Å². The second-order valence-corrected chi connectivity index (χ2v) is 12.6. The smallest absolute Gasteiger partial charge is 0.345 e. The normalized spacial score (nSPS) is 34.4. The lowest BCUT2D eigenvalue weighted by atomic mass is 9.48. The molecule has 4 aliphatic carbocycles. The molecule has 7 atom stereocenters. The Balaban J connectivity index is 1.40. The van der Waals surface area contributed by atoms with Crippen LogP contribution in [0.3, 0.4) is 0 Å². The van der Waals surface area contributed by atoms with Crippen LogP contribution < -0.4 is 4.74 Å². The number of hydrogen-bond donors (Lipinski definition) is 0. The molecule has 1 aromatic rings. The number of nitrogens with zero attached hydrogens (tertiary/aromatic N) is 1. The second kappa shape index (κ2) is 11.8. The summed E-state index contributed by atoms with van der Waals surface area (Å²) < 4.78 is 12.2. The molecule has 3 fully saturated rings. The van der Waals surface area contributed by atoms with Gasteiger partial charge in [-0.15, -0.1) is 6.42 Å². The van der Waals surface area contributed by atoms with Gasteiger partial charge in [0.2, 0.25) is 0 Å². The Hall–Kier alpha value is -3.05. The first-order valence-corrected chi connectivity index (χ1v) is 15.5. The lowest BCUT2D eigenvalue weighted by Gasteiger charge is -2.57. The highest BCUT2D eigenvalue weighted by molar-refractivity contribution is 5.91. The van der Waals surface area contributed by atoms with Crippen molar-refractivity contribution >= 4 is 11.8 Å². The van der Waals surface area contributed by atoms with Crippen LogP contribution in [0.2, 0.25) is 0 Å². The van der Waals surface area contributed by atoms with Crippen molar-refractivity contribution in [1.82, 2.24) is 0 Å². The van der Waals surface area contributed by atoms with Crippen LogP contribution in [0.25, 0.3) is 0 Å². The molecule has 0 amide bonds. The third kappa shape index (κ3) is 4.98. The zero-order valence-electron chi connectivity index (χ0n) is 24.1. The maximum absolute atomic E-state index is 13.3. The molecule has 4 aliphatic rings. The summed E-state index contributed by atoms with van der Waals surface area (Å²) >= 11 is 0. The molecule has 212 valence electrons. The molecular formula is C35H43NO4. The van der Waals surface area contributed by atoms with Crippen LogP contribution in [-0.4, -0.2) is 24.0 Å². The summed E-state index contributed by atoms with van der Waals surface area (Å²) in [6, 6.07) is 8.81. The molecular weight excluding hydrogens is 498 g/mol. The van der Waals surface area contributed by atoms with E-state index in [2.05, 4.69) is 25.8 Å². The van der Waals surface area contributed by atoms with Crippen LogP contribution in [0.15, 0.2) is 35.9 Å². The van der Waals surface area contributed by atoms with Crippen molar-refractivity contribution in [2.75, 3.05) is 6.61 Å². The zero-order chi connectivity index (χ0) is 28.3. The first-order valence-electron chi connectivity index (χ1n) is 15.5. The van der Waals surface area contributed by atoms with Gasteiger partial charge in [-0.2, -0.15) is 5.26 Å². The molecule has 3 saturated carbocycles. The van der Waals surface area contributed by atoms with Gasteiger partial charge in [0, 0.05) is 18.3 Å².